The third-order valence-corrected chi connectivity index (χ3v) is 4.41. The summed E-state index contributed by atoms with van der Waals surface area (Å²) in [4.78, 5) is 24.9. The number of rotatable bonds is 5. The lowest BCUT2D eigenvalue weighted by Crippen LogP contribution is -2.17. The van der Waals surface area contributed by atoms with Crippen molar-refractivity contribution in [2.75, 3.05) is 6.61 Å². The Morgan fingerprint density at radius 2 is 1.89 bits per heavy atom. The predicted octanol–water partition coefficient (Wildman–Crippen LogP) is 2.36. The highest BCUT2D eigenvalue weighted by Crippen LogP contribution is 2.29. The molecule has 2 aromatic rings. The molecule has 28 heavy (non-hydrogen) atoms. The van der Waals surface area contributed by atoms with Crippen molar-refractivity contribution in [1.82, 2.24) is 25.2 Å². The molecule has 0 spiro atoms. The van der Waals surface area contributed by atoms with E-state index in [4.69, 9.17) is 4.74 Å². The molecular formula is C20H17N5O3. The van der Waals surface area contributed by atoms with E-state index >= 15 is 0 Å². The number of fused-ring (bicyclic) bond motifs is 1. The summed E-state index contributed by atoms with van der Waals surface area (Å²) >= 11 is 0. The average Bonchev–Trinajstić information content (AvgIpc) is 3.22. The van der Waals surface area contributed by atoms with Gasteiger partial charge in [0.2, 0.25) is 5.82 Å². The van der Waals surface area contributed by atoms with Crippen LogP contribution in [0.5, 0.6) is 0 Å². The number of aromatic amines is 1. The molecule has 0 fully saturated rings. The monoisotopic (exact) mass is 375 g/mol. The molecule has 2 heterocycles. The number of tetrazole rings is 1. The number of nitrogens with zero attached hydrogens (tertiary/aromatic N) is 4. The minimum Gasteiger partial charge on any atom is -0.462 e. The van der Waals surface area contributed by atoms with Crippen LogP contribution in [0.25, 0.3) is 22.6 Å². The molecule has 0 radical (unpaired) electrons. The van der Waals surface area contributed by atoms with Gasteiger partial charge in [0.15, 0.2) is 0 Å². The van der Waals surface area contributed by atoms with Crippen LogP contribution in [0.3, 0.4) is 0 Å². The zero-order valence-electron chi connectivity index (χ0n) is 15.1. The van der Waals surface area contributed by atoms with Crippen LogP contribution in [0.2, 0.25) is 0 Å². The fourth-order valence-electron chi connectivity index (χ4n) is 3.13. The van der Waals surface area contributed by atoms with Gasteiger partial charge in [-0.3, -0.25) is 4.79 Å². The zero-order valence-corrected chi connectivity index (χ0v) is 15.1. The van der Waals surface area contributed by atoms with Crippen LogP contribution in [0.15, 0.2) is 59.4 Å². The third kappa shape index (κ3) is 3.16. The lowest BCUT2D eigenvalue weighted by atomic mass is 10.1. The first-order valence-corrected chi connectivity index (χ1v) is 8.80. The number of hydrogen-bond donors (Lipinski definition) is 1. The molecule has 140 valence electrons. The second-order valence-corrected chi connectivity index (χ2v) is 6.13. The first kappa shape index (κ1) is 17.6. The van der Waals surface area contributed by atoms with Gasteiger partial charge in [0.05, 0.1) is 30.0 Å². The van der Waals surface area contributed by atoms with Gasteiger partial charge >= 0.3 is 5.97 Å². The molecule has 0 bridgehead atoms. The number of hydrogen-bond acceptors (Lipinski definition) is 6. The lowest BCUT2D eigenvalue weighted by Gasteiger charge is -2.07. The Morgan fingerprint density at radius 3 is 2.61 bits per heavy atom. The van der Waals surface area contributed by atoms with Gasteiger partial charge in [-0.2, -0.15) is 5.21 Å². The Bertz CT molecular complexity index is 1130. The van der Waals surface area contributed by atoms with E-state index in [2.05, 4.69) is 20.6 Å². The highest BCUT2D eigenvalue weighted by Gasteiger charge is 2.23. The quantitative estimate of drug-likeness (QED) is 0.537. The molecule has 4 rings (SSSR count). The number of H-pyrrole nitrogens is 1. The lowest BCUT2D eigenvalue weighted by molar-refractivity contribution is 0.0526. The second-order valence-electron chi connectivity index (χ2n) is 6.13. The molecule has 0 saturated heterocycles. The first-order valence-electron chi connectivity index (χ1n) is 8.80. The maximum Gasteiger partial charge on any atom is 0.338 e. The maximum atomic E-state index is 13.1. The minimum atomic E-state index is -0.364. The van der Waals surface area contributed by atoms with Crippen molar-refractivity contribution in [3.8, 4) is 22.6 Å². The molecule has 8 nitrogen and oxygen atoms in total. The molecule has 1 aliphatic heterocycles. The molecule has 2 aliphatic rings. The van der Waals surface area contributed by atoms with Gasteiger partial charge in [-0.25, -0.2) is 4.79 Å². The number of carbonyl (C=O) groups is 1. The molecular weight excluding hydrogens is 358 g/mol. The molecule has 1 aromatic heterocycles. The third-order valence-electron chi connectivity index (χ3n) is 4.41. The van der Waals surface area contributed by atoms with Crippen LogP contribution in [-0.2, 0) is 11.3 Å². The summed E-state index contributed by atoms with van der Waals surface area (Å²) in [5.74, 6) is -0.103. The van der Waals surface area contributed by atoms with Crippen molar-refractivity contribution in [1.29, 1.82) is 0 Å². The summed E-state index contributed by atoms with van der Waals surface area (Å²) in [6.07, 6.45) is 0. The Hall–Kier alpha value is -3.81. The largest absolute Gasteiger partial charge is 0.462 e. The Morgan fingerprint density at radius 1 is 1.11 bits per heavy atom. The number of benzene rings is 1. The number of carbonyl (C=O) groups excluding carboxylic acids is 1. The second kappa shape index (κ2) is 7.43. The van der Waals surface area contributed by atoms with Gasteiger partial charge in [0.1, 0.15) is 0 Å². The molecule has 0 atom stereocenters. The fourth-order valence-corrected chi connectivity index (χ4v) is 3.13. The normalized spacial score (nSPS) is 10.9. The van der Waals surface area contributed by atoms with Crippen LogP contribution in [0.4, 0.5) is 0 Å². The van der Waals surface area contributed by atoms with Gasteiger partial charge in [-0.1, -0.05) is 36.4 Å². The van der Waals surface area contributed by atoms with Crippen LogP contribution in [-0.4, -0.2) is 37.8 Å². The van der Waals surface area contributed by atoms with Crippen LogP contribution >= 0.6 is 0 Å². The average molecular weight is 375 g/mol. The highest BCUT2D eigenvalue weighted by atomic mass is 16.5. The summed E-state index contributed by atoms with van der Waals surface area (Å²) in [5.41, 5.74) is 3.08. The van der Waals surface area contributed by atoms with Crippen molar-refractivity contribution in [3.63, 3.8) is 0 Å². The minimum absolute atomic E-state index is 0.197. The van der Waals surface area contributed by atoms with E-state index in [1.807, 2.05) is 42.5 Å². The molecule has 8 heteroatoms. The van der Waals surface area contributed by atoms with E-state index < -0.39 is 0 Å². The Balaban J connectivity index is 1.75. The van der Waals surface area contributed by atoms with Crippen molar-refractivity contribution in [2.24, 2.45) is 0 Å². The van der Waals surface area contributed by atoms with Crippen LogP contribution < -0.4 is 5.56 Å². The van der Waals surface area contributed by atoms with Crippen LogP contribution in [0, 0.1) is 0 Å². The standard InChI is InChI=1S/C20H17N5O3/c1-2-28-20(27)14-10-8-13(9-11-14)12-25-16-7-5-3-4-6-15(16)17(19(25)26)18-21-23-24-22-18/h3-11H,2,12H2,1H3,(H,21,22,23,24). The smallest absolute Gasteiger partial charge is 0.338 e. The molecule has 0 amide bonds. The highest BCUT2D eigenvalue weighted by molar-refractivity contribution is 5.89. The number of aromatic nitrogens is 5. The van der Waals surface area contributed by atoms with Crippen LogP contribution in [0.1, 0.15) is 22.8 Å². The molecule has 1 N–H and O–H groups in total. The van der Waals surface area contributed by atoms with E-state index in [0.29, 0.717) is 24.3 Å². The van der Waals surface area contributed by atoms with E-state index in [1.165, 1.54) is 0 Å². The maximum absolute atomic E-state index is 13.1. The van der Waals surface area contributed by atoms with Crippen molar-refractivity contribution in [2.45, 2.75) is 13.5 Å². The summed E-state index contributed by atoms with van der Waals surface area (Å²) in [5, 5.41) is 13.9. The SMILES string of the molecule is CCOC(=O)c1ccc(Cn2c3cccccc-3c(-c3nn[nH]n3)c2=O)cc1. The first-order chi connectivity index (χ1) is 13.7. The Kier molecular flexibility index (Phi) is 4.67. The van der Waals surface area contributed by atoms with Gasteiger partial charge in [0, 0.05) is 5.56 Å². The molecule has 1 aromatic carbocycles. The van der Waals surface area contributed by atoms with Crippen molar-refractivity contribution < 1.29 is 9.53 Å². The number of ether oxygens (including phenoxy) is 1. The van der Waals surface area contributed by atoms with Gasteiger partial charge < -0.3 is 9.30 Å². The molecule has 0 saturated carbocycles. The topological polar surface area (TPSA) is 103 Å². The van der Waals surface area contributed by atoms with E-state index in [1.54, 1.807) is 23.6 Å². The fraction of sp³-hybridized carbons (Fsp3) is 0.150. The van der Waals surface area contributed by atoms with Gasteiger partial charge in [0.25, 0.3) is 5.56 Å². The molecule has 0 unspecified atom stereocenters. The summed E-state index contributed by atoms with van der Waals surface area (Å²) in [6.45, 7) is 2.44. The summed E-state index contributed by atoms with van der Waals surface area (Å²) in [6, 6.07) is 16.4. The summed E-state index contributed by atoms with van der Waals surface area (Å²) in [7, 11) is 0. The van der Waals surface area contributed by atoms with E-state index in [9.17, 15) is 9.59 Å². The van der Waals surface area contributed by atoms with E-state index in [0.717, 1.165) is 16.8 Å². The van der Waals surface area contributed by atoms with E-state index in [-0.39, 0.29) is 17.4 Å². The van der Waals surface area contributed by atoms with Gasteiger partial charge in [-0.05, 0) is 35.9 Å². The van der Waals surface area contributed by atoms with Crippen molar-refractivity contribution in [3.05, 3.63) is 76.1 Å². The van der Waals surface area contributed by atoms with Crippen molar-refractivity contribution >= 4 is 5.97 Å². The predicted molar refractivity (Wildman–Crippen MR) is 102 cm³/mol. The number of esters is 1. The number of nitrogens with one attached hydrogen (secondary N) is 1. The molecule has 1 aliphatic carbocycles. The van der Waals surface area contributed by atoms with Gasteiger partial charge in [-0.15, -0.1) is 10.2 Å². The zero-order chi connectivity index (χ0) is 19.5. The Labute approximate surface area is 160 Å². The summed E-state index contributed by atoms with van der Waals surface area (Å²) < 4.78 is 6.67.